The van der Waals surface area contributed by atoms with Gasteiger partial charge in [0.1, 0.15) is 17.3 Å². The first-order valence-electron chi connectivity index (χ1n) is 11.9. The van der Waals surface area contributed by atoms with Crippen LogP contribution in [0.1, 0.15) is 48.3 Å². The van der Waals surface area contributed by atoms with Crippen LogP contribution in [0.2, 0.25) is 0 Å². The lowest BCUT2D eigenvalue weighted by atomic mass is 9.97. The van der Waals surface area contributed by atoms with Gasteiger partial charge in [0.25, 0.3) is 5.91 Å². The van der Waals surface area contributed by atoms with E-state index in [-0.39, 0.29) is 5.91 Å². The van der Waals surface area contributed by atoms with E-state index >= 15 is 0 Å². The molecule has 166 valence electrons. The Kier molecular flexibility index (Phi) is 6.24. The Balaban J connectivity index is 1.29. The average Bonchev–Trinajstić information content (AvgIpc) is 3.04. The van der Waals surface area contributed by atoms with Gasteiger partial charge in [-0.15, -0.1) is 0 Å². The van der Waals surface area contributed by atoms with Gasteiger partial charge in [-0.3, -0.25) is 4.79 Å². The van der Waals surface area contributed by atoms with E-state index in [9.17, 15) is 4.79 Å². The summed E-state index contributed by atoms with van der Waals surface area (Å²) in [5.41, 5.74) is 2.89. The van der Waals surface area contributed by atoms with Crippen LogP contribution in [0.25, 0.3) is 11.4 Å². The summed E-state index contributed by atoms with van der Waals surface area (Å²) < 4.78 is 8.25. The SMILES string of the molecule is O=C(c1nc(-c2ccccc2)n2c1CCCCC2)N1CCC(COc2ccccc2)CC1. The van der Waals surface area contributed by atoms with Crippen molar-refractivity contribution < 1.29 is 9.53 Å². The number of ether oxygens (including phenoxy) is 1. The van der Waals surface area contributed by atoms with Crippen molar-refractivity contribution in [1.82, 2.24) is 14.5 Å². The highest BCUT2D eigenvalue weighted by Crippen LogP contribution is 2.29. The van der Waals surface area contributed by atoms with Gasteiger partial charge >= 0.3 is 0 Å². The molecule has 2 aromatic carbocycles. The van der Waals surface area contributed by atoms with Crippen LogP contribution in [0.4, 0.5) is 0 Å². The number of amides is 1. The van der Waals surface area contributed by atoms with Gasteiger partial charge < -0.3 is 14.2 Å². The maximum Gasteiger partial charge on any atom is 0.274 e. The molecule has 1 fully saturated rings. The van der Waals surface area contributed by atoms with E-state index in [1.807, 2.05) is 53.4 Å². The Labute approximate surface area is 190 Å². The third-order valence-corrected chi connectivity index (χ3v) is 6.73. The maximum atomic E-state index is 13.5. The Morgan fingerprint density at radius 3 is 2.38 bits per heavy atom. The molecule has 0 spiro atoms. The van der Waals surface area contributed by atoms with E-state index < -0.39 is 0 Å². The molecule has 2 aliphatic rings. The molecule has 0 N–H and O–H groups in total. The lowest BCUT2D eigenvalue weighted by Gasteiger charge is -2.31. The monoisotopic (exact) mass is 429 g/mol. The first-order chi connectivity index (χ1) is 15.8. The first-order valence-corrected chi connectivity index (χ1v) is 11.9. The summed E-state index contributed by atoms with van der Waals surface area (Å²) in [4.78, 5) is 20.5. The summed E-state index contributed by atoms with van der Waals surface area (Å²) in [7, 11) is 0. The summed E-state index contributed by atoms with van der Waals surface area (Å²) >= 11 is 0. The summed E-state index contributed by atoms with van der Waals surface area (Å²) in [5.74, 6) is 2.44. The van der Waals surface area contributed by atoms with Gasteiger partial charge in [-0.1, -0.05) is 55.0 Å². The molecule has 0 aliphatic carbocycles. The van der Waals surface area contributed by atoms with Crippen LogP contribution >= 0.6 is 0 Å². The van der Waals surface area contributed by atoms with Gasteiger partial charge in [0.15, 0.2) is 0 Å². The molecule has 0 radical (unpaired) electrons. The molecule has 1 saturated heterocycles. The largest absolute Gasteiger partial charge is 0.493 e. The number of benzene rings is 2. The van der Waals surface area contributed by atoms with Crippen molar-refractivity contribution in [2.24, 2.45) is 5.92 Å². The van der Waals surface area contributed by atoms with E-state index in [4.69, 9.17) is 9.72 Å². The molecule has 3 heterocycles. The first kappa shape index (κ1) is 20.8. The summed E-state index contributed by atoms with van der Waals surface area (Å²) in [6.07, 6.45) is 6.35. The van der Waals surface area contributed by atoms with Crippen LogP contribution in [-0.4, -0.2) is 40.1 Å². The van der Waals surface area contributed by atoms with Gasteiger partial charge in [-0.05, 0) is 50.2 Å². The number of carbonyl (C=O) groups is 1. The van der Waals surface area contributed by atoms with Crippen molar-refractivity contribution in [3.63, 3.8) is 0 Å². The fraction of sp³-hybridized carbons (Fsp3) is 0.407. The van der Waals surface area contributed by atoms with E-state index in [2.05, 4.69) is 16.7 Å². The van der Waals surface area contributed by atoms with E-state index in [1.165, 1.54) is 6.42 Å². The number of piperidine rings is 1. The molecule has 5 heteroatoms. The van der Waals surface area contributed by atoms with E-state index in [0.717, 1.165) is 74.6 Å². The summed E-state index contributed by atoms with van der Waals surface area (Å²) in [6, 6.07) is 20.3. The Hall–Kier alpha value is -3.08. The number of para-hydroxylation sites is 1. The van der Waals surface area contributed by atoms with Gasteiger partial charge in [-0.25, -0.2) is 4.98 Å². The van der Waals surface area contributed by atoms with Crippen LogP contribution in [0.3, 0.4) is 0 Å². The standard InChI is InChI=1S/C27H31N3O2/c31-27(29-18-15-21(16-19-29)20-32-23-12-6-2-7-13-23)25-24-14-8-3-9-17-30(24)26(28-25)22-10-4-1-5-11-22/h1-2,4-7,10-13,21H,3,8-9,14-20H2. The molecule has 5 nitrogen and oxygen atoms in total. The smallest absolute Gasteiger partial charge is 0.274 e. The van der Waals surface area contributed by atoms with Gasteiger partial charge in [0.05, 0.1) is 12.3 Å². The Morgan fingerprint density at radius 2 is 1.62 bits per heavy atom. The lowest BCUT2D eigenvalue weighted by Crippen LogP contribution is -2.40. The average molecular weight is 430 g/mol. The van der Waals surface area contributed by atoms with Crippen molar-refractivity contribution in [1.29, 1.82) is 0 Å². The predicted molar refractivity (Wildman–Crippen MR) is 126 cm³/mol. The quantitative estimate of drug-likeness (QED) is 0.560. The Bertz CT molecular complexity index is 1040. The van der Waals surface area contributed by atoms with Crippen LogP contribution in [0, 0.1) is 5.92 Å². The van der Waals surface area contributed by atoms with Crippen molar-refractivity contribution in [3.05, 3.63) is 72.1 Å². The second-order valence-electron chi connectivity index (χ2n) is 8.92. The number of hydrogen-bond donors (Lipinski definition) is 0. The fourth-order valence-corrected chi connectivity index (χ4v) is 4.88. The van der Waals surface area contributed by atoms with E-state index in [1.54, 1.807) is 0 Å². The number of imidazole rings is 1. The molecule has 3 aromatic rings. The number of fused-ring (bicyclic) bond motifs is 1. The zero-order chi connectivity index (χ0) is 21.8. The van der Waals surface area contributed by atoms with Crippen LogP contribution in [-0.2, 0) is 13.0 Å². The minimum Gasteiger partial charge on any atom is -0.493 e. The topological polar surface area (TPSA) is 47.4 Å². The van der Waals surface area contributed by atoms with Crippen LogP contribution < -0.4 is 4.74 Å². The Morgan fingerprint density at radius 1 is 0.906 bits per heavy atom. The summed E-state index contributed by atoms with van der Waals surface area (Å²) in [6.45, 7) is 3.20. The summed E-state index contributed by atoms with van der Waals surface area (Å²) in [5, 5.41) is 0. The minimum absolute atomic E-state index is 0.0975. The molecular weight excluding hydrogens is 398 g/mol. The number of carbonyl (C=O) groups excluding carboxylic acids is 1. The second-order valence-corrected chi connectivity index (χ2v) is 8.92. The van der Waals surface area contributed by atoms with Crippen molar-refractivity contribution in [2.75, 3.05) is 19.7 Å². The molecule has 1 amide bonds. The highest BCUT2D eigenvalue weighted by molar-refractivity contribution is 5.94. The number of rotatable bonds is 5. The predicted octanol–water partition coefficient (Wildman–Crippen LogP) is 5.21. The zero-order valence-electron chi connectivity index (χ0n) is 18.6. The molecule has 0 saturated carbocycles. The molecule has 1 aromatic heterocycles. The highest BCUT2D eigenvalue weighted by Gasteiger charge is 2.30. The minimum atomic E-state index is 0.0975. The molecule has 0 unspecified atom stereocenters. The fourth-order valence-electron chi connectivity index (χ4n) is 4.88. The van der Waals surface area contributed by atoms with Crippen LogP contribution in [0.5, 0.6) is 5.75 Å². The third-order valence-electron chi connectivity index (χ3n) is 6.73. The number of nitrogens with zero attached hydrogens (tertiary/aromatic N) is 3. The maximum absolute atomic E-state index is 13.5. The third kappa shape index (κ3) is 4.43. The van der Waals surface area contributed by atoms with E-state index in [0.29, 0.717) is 18.2 Å². The molecule has 0 bridgehead atoms. The molecular formula is C27H31N3O2. The highest BCUT2D eigenvalue weighted by atomic mass is 16.5. The van der Waals surface area contributed by atoms with Crippen molar-refractivity contribution in [3.8, 4) is 17.1 Å². The molecule has 0 atom stereocenters. The zero-order valence-corrected chi connectivity index (χ0v) is 18.6. The molecule has 5 rings (SSSR count). The van der Waals surface area contributed by atoms with Gasteiger partial charge in [-0.2, -0.15) is 0 Å². The second kappa shape index (κ2) is 9.60. The van der Waals surface area contributed by atoms with Crippen molar-refractivity contribution >= 4 is 5.91 Å². The number of likely N-dealkylation sites (tertiary alicyclic amines) is 1. The molecule has 32 heavy (non-hydrogen) atoms. The number of hydrogen-bond acceptors (Lipinski definition) is 3. The normalized spacial score (nSPS) is 16.9. The van der Waals surface area contributed by atoms with Gasteiger partial charge in [0, 0.05) is 25.2 Å². The van der Waals surface area contributed by atoms with Crippen LogP contribution in [0.15, 0.2) is 60.7 Å². The van der Waals surface area contributed by atoms with Crippen molar-refractivity contribution in [2.45, 2.75) is 45.1 Å². The molecule has 2 aliphatic heterocycles. The van der Waals surface area contributed by atoms with Gasteiger partial charge in [0.2, 0.25) is 0 Å². The lowest BCUT2D eigenvalue weighted by molar-refractivity contribution is 0.0654. The number of aromatic nitrogens is 2.